The Morgan fingerprint density at radius 1 is 1.58 bits per heavy atom. The fourth-order valence-electron chi connectivity index (χ4n) is 1.22. The molecule has 0 radical (unpaired) electrons. The zero-order valence-electron chi connectivity index (χ0n) is 7.91. The topological polar surface area (TPSA) is 32.8 Å². The van der Waals surface area contributed by atoms with Gasteiger partial charge in [-0.3, -0.25) is 4.79 Å². The summed E-state index contributed by atoms with van der Waals surface area (Å²) in [6.07, 6.45) is -0.265. The fraction of sp³-hybridized carbons (Fsp3) is 0.875. The van der Waals surface area contributed by atoms with E-state index in [0.29, 0.717) is 13.2 Å². The quantitative estimate of drug-likeness (QED) is 0.530. The van der Waals surface area contributed by atoms with Gasteiger partial charge in [0.1, 0.15) is 6.10 Å². The summed E-state index contributed by atoms with van der Waals surface area (Å²) >= 11 is 0. The lowest BCUT2D eigenvalue weighted by atomic mass is 10.2. The van der Waals surface area contributed by atoms with Gasteiger partial charge in [-0.25, -0.2) is 0 Å². The maximum atomic E-state index is 11.4. The normalized spacial score (nSPS) is 25.4. The van der Waals surface area contributed by atoms with Gasteiger partial charge in [0.25, 0.3) is 5.91 Å². The maximum Gasteiger partial charge on any atom is 0.252 e. The molecule has 0 aromatic carbocycles. The molecule has 70 valence electrons. The largest absolute Gasteiger partial charge is 0.366 e. The van der Waals surface area contributed by atoms with E-state index in [2.05, 4.69) is 4.90 Å². The molecular formula is C8H16N2O2. The van der Waals surface area contributed by atoms with Crippen LogP contribution in [-0.2, 0) is 9.53 Å². The summed E-state index contributed by atoms with van der Waals surface area (Å²) in [5.74, 6) is 0.0570. The van der Waals surface area contributed by atoms with Crippen molar-refractivity contribution in [3.05, 3.63) is 0 Å². The molecule has 1 amide bonds. The van der Waals surface area contributed by atoms with Gasteiger partial charge in [-0.1, -0.05) is 0 Å². The Bertz CT molecular complexity index is 170. The average molecular weight is 172 g/mol. The number of hydrogen-bond donors (Lipinski definition) is 0. The Morgan fingerprint density at radius 3 is 2.75 bits per heavy atom. The number of rotatable bonds is 1. The van der Waals surface area contributed by atoms with E-state index in [4.69, 9.17) is 4.74 Å². The lowest BCUT2D eigenvalue weighted by Crippen LogP contribution is -2.48. The lowest BCUT2D eigenvalue weighted by Gasteiger charge is -2.30. The van der Waals surface area contributed by atoms with Crippen LogP contribution in [0, 0.1) is 0 Å². The van der Waals surface area contributed by atoms with E-state index in [-0.39, 0.29) is 12.0 Å². The van der Waals surface area contributed by atoms with Crippen molar-refractivity contribution in [1.82, 2.24) is 9.80 Å². The first-order valence-electron chi connectivity index (χ1n) is 4.12. The molecule has 1 atom stereocenters. The van der Waals surface area contributed by atoms with Crippen LogP contribution in [0.3, 0.4) is 0 Å². The van der Waals surface area contributed by atoms with Crippen LogP contribution in [0.5, 0.6) is 0 Å². The Labute approximate surface area is 73.1 Å². The highest BCUT2D eigenvalue weighted by molar-refractivity contribution is 5.80. The van der Waals surface area contributed by atoms with Crippen LogP contribution >= 0.6 is 0 Å². The Hall–Kier alpha value is -0.610. The molecule has 0 aromatic heterocycles. The molecule has 1 heterocycles. The molecule has 0 aromatic rings. The first kappa shape index (κ1) is 9.48. The van der Waals surface area contributed by atoms with Gasteiger partial charge >= 0.3 is 0 Å². The standard InChI is InChI=1S/C8H16N2O2/c1-9(2)8(11)7-6-10(3)4-5-12-7/h7H,4-6H2,1-3H3. The summed E-state index contributed by atoms with van der Waals surface area (Å²) in [6, 6.07) is 0. The lowest BCUT2D eigenvalue weighted by molar-refractivity contribution is -0.146. The molecule has 12 heavy (non-hydrogen) atoms. The number of amides is 1. The molecule has 4 heteroatoms. The molecule has 0 N–H and O–H groups in total. The van der Waals surface area contributed by atoms with Gasteiger partial charge in [-0.15, -0.1) is 0 Å². The van der Waals surface area contributed by atoms with Crippen LogP contribution in [0.2, 0.25) is 0 Å². The summed E-state index contributed by atoms with van der Waals surface area (Å²) < 4.78 is 5.34. The second-order valence-electron chi connectivity index (χ2n) is 3.35. The van der Waals surface area contributed by atoms with Crippen molar-refractivity contribution in [2.75, 3.05) is 40.8 Å². The molecule has 1 aliphatic rings. The van der Waals surface area contributed by atoms with Crippen LogP contribution in [0.25, 0.3) is 0 Å². The molecule has 4 nitrogen and oxygen atoms in total. The predicted octanol–water partition coefficient (Wildman–Crippen LogP) is -0.595. The number of carbonyl (C=O) groups excluding carboxylic acids is 1. The van der Waals surface area contributed by atoms with Crippen LogP contribution in [0.15, 0.2) is 0 Å². The van der Waals surface area contributed by atoms with E-state index in [1.165, 1.54) is 0 Å². The minimum Gasteiger partial charge on any atom is -0.366 e. The second kappa shape index (κ2) is 3.87. The molecule has 1 fully saturated rings. The summed E-state index contributed by atoms with van der Waals surface area (Å²) in [6.45, 7) is 2.27. The third-order valence-corrected chi connectivity index (χ3v) is 1.99. The number of likely N-dealkylation sites (N-methyl/N-ethyl adjacent to an activating group) is 2. The van der Waals surface area contributed by atoms with Crippen molar-refractivity contribution in [3.63, 3.8) is 0 Å². The van der Waals surface area contributed by atoms with Crippen molar-refractivity contribution in [2.45, 2.75) is 6.10 Å². The van der Waals surface area contributed by atoms with Gasteiger partial charge in [0, 0.05) is 27.2 Å². The van der Waals surface area contributed by atoms with Crippen LogP contribution in [-0.4, -0.2) is 62.7 Å². The van der Waals surface area contributed by atoms with Gasteiger partial charge < -0.3 is 14.5 Å². The summed E-state index contributed by atoms with van der Waals surface area (Å²) in [5.41, 5.74) is 0. The van der Waals surface area contributed by atoms with Crippen LogP contribution < -0.4 is 0 Å². The fourth-order valence-corrected chi connectivity index (χ4v) is 1.22. The van der Waals surface area contributed by atoms with Gasteiger partial charge in [0.05, 0.1) is 6.61 Å². The van der Waals surface area contributed by atoms with Gasteiger partial charge in [0.2, 0.25) is 0 Å². The number of ether oxygens (including phenoxy) is 1. The Morgan fingerprint density at radius 2 is 2.25 bits per heavy atom. The Kier molecular flexibility index (Phi) is 3.05. The van der Waals surface area contributed by atoms with Gasteiger partial charge in [0.15, 0.2) is 0 Å². The van der Waals surface area contributed by atoms with Crippen LogP contribution in [0.1, 0.15) is 0 Å². The monoisotopic (exact) mass is 172 g/mol. The van der Waals surface area contributed by atoms with E-state index >= 15 is 0 Å². The smallest absolute Gasteiger partial charge is 0.252 e. The van der Waals surface area contributed by atoms with Crippen molar-refractivity contribution in [3.8, 4) is 0 Å². The minimum absolute atomic E-state index is 0.0570. The Balaban J connectivity index is 2.46. The number of hydrogen-bond acceptors (Lipinski definition) is 3. The molecular weight excluding hydrogens is 156 g/mol. The number of morpholine rings is 1. The summed E-state index contributed by atoms with van der Waals surface area (Å²) in [7, 11) is 5.50. The SMILES string of the molecule is CN1CCOC(C(=O)N(C)C)C1. The number of nitrogens with zero attached hydrogens (tertiary/aromatic N) is 2. The highest BCUT2D eigenvalue weighted by Gasteiger charge is 2.25. The van der Waals surface area contributed by atoms with Crippen molar-refractivity contribution in [1.29, 1.82) is 0 Å². The third-order valence-electron chi connectivity index (χ3n) is 1.99. The van der Waals surface area contributed by atoms with E-state index in [0.717, 1.165) is 6.54 Å². The van der Waals surface area contributed by atoms with Crippen molar-refractivity contribution in [2.24, 2.45) is 0 Å². The van der Waals surface area contributed by atoms with Crippen LogP contribution in [0.4, 0.5) is 0 Å². The molecule has 0 spiro atoms. The average Bonchev–Trinajstić information content (AvgIpc) is 2.03. The molecule has 0 saturated carbocycles. The molecule has 0 bridgehead atoms. The van der Waals surface area contributed by atoms with E-state index in [1.807, 2.05) is 7.05 Å². The molecule has 1 saturated heterocycles. The second-order valence-corrected chi connectivity index (χ2v) is 3.35. The van der Waals surface area contributed by atoms with E-state index < -0.39 is 0 Å². The molecule has 0 aliphatic carbocycles. The van der Waals surface area contributed by atoms with Crippen molar-refractivity contribution >= 4 is 5.91 Å². The summed E-state index contributed by atoms with van der Waals surface area (Å²) in [5, 5.41) is 0. The van der Waals surface area contributed by atoms with E-state index in [9.17, 15) is 4.79 Å². The maximum absolute atomic E-state index is 11.4. The first-order chi connectivity index (χ1) is 5.61. The zero-order chi connectivity index (χ0) is 9.14. The van der Waals surface area contributed by atoms with Crippen molar-refractivity contribution < 1.29 is 9.53 Å². The number of carbonyl (C=O) groups is 1. The minimum atomic E-state index is -0.265. The highest BCUT2D eigenvalue weighted by atomic mass is 16.5. The summed E-state index contributed by atoms with van der Waals surface area (Å²) in [4.78, 5) is 15.1. The van der Waals surface area contributed by atoms with Gasteiger partial charge in [-0.2, -0.15) is 0 Å². The molecule has 1 unspecified atom stereocenters. The third kappa shape index (κ3) is 2.19. The highest BCUT2D eigenvalue weighted by Crippen LogP contribution is 2.04. The van der Waals surface area contributed by atoms with E-state index in [1.54, 1.807) is 19.0 Å². The predicted molar refractivity (Wildman–Crippen MR) is 45.9 cm³/mol. The molecule has 1 aliphatic heterocycles. The van der Waals surface area contributed by atoms with Gasteiger partial charge in [-0.05, 0) is 7.05 Å². The first-order valence-corrected chi connectivity index (χ1v) is 4.12. The molecule has 1 rings (SSSR count). The zero-order valence-corrected chi connectivity index (χ0v) is 7.91.